The second kappa shape index (κ2) is 4.93. The van der Waals surface area contributed by atoms with Crippen LogP contribution < -0.4 is 5.32 Å². The van der Waals surface area contributed by atoms with E-state index in [9.17, 15) is 8.78 Å². The predicted octanol–water partition coefficient (Wildman–Crippen LogP) is 1.10. The van der Waals surface area contributed by atoms with Gasteiger partial charge in [0.15, 0.2) is 0 Å². The van der Waals surface area contributed by atoms with Crippen LogP contribution in [-0.4, -0.2) is 48.5 Å². The van der Waals surface area contributed by atoms with Crippen LogP contribution in [0.15, 0.2) is 18.3 Å². The molecule has 2 N–H and O–H groups in total. The third-order valence-corrected chi connectivity index (χ3v) is 2.78. The molecular weight excluding hydrogens is 212 g/mol. The number of piperazine rings is 1. The van der Waals surface area contributed by atoms with Crippen molar-refractivity contribution < 1.29 is 8.78 Å². The van der Waals surface area contributed by atoms with Crippen molar-refractivity contribution in [2.24, 2.45) is 0 Å². The highest BCUT2D eigenvalue weighted by atomic mass is 19.3. The molecule has 1 aliphatic rings. The van der Waals surface area contributed by atoms with E-state index in [1.807, 2.05) is 4.90 Å². The molecule has 3 nitrogen and oxygen atoms in total. The van der Waals surface area contributed by atoms with Crippen molar-refractivity contribution in [2.75, 3.05) is 32.7 Å². The average Bonchev–Trinajstić information content (AvgIpc) is 2.70. The molecule has 2 heterocycles. The van der Waals surface area contributed by atoms with Crippen molar-refractivity contribution in [3.05, 3.63) is 24.0 Å². The molecular formula is C11H17F2N3. The van der Waals surface area contributed by atoms with Gasteiger partial charge in [0.25, 0.3) is 5.92 Å². The van der Waals surface area contributed by atoms with Gasteiger partial charge in [-0.1, -0.05) is 0 Å². The number of aromatic nitrogens is 1. The summed E-state index contributed by atoms with van der Waals surface area (Å²) >= 11 is 0. The van der Waals surface area contributed by atoms with E-state index < -0.39 is 5.92 Å². The van der Waals surface area contributed by atoms with E-state index in [-0.39, 0.29) is 13.0 Å². The summed E-state index contributed by atoms with van der Waals surface area (Å²) in [4.78, 5) is 4.64. The van der Waals surface area contributed by atoms with Gasteiger partial charge in [-0.25, -0.2) is 8.78 Å². The molecule has 1 aromatic rings. The molecule has 0 aromatic carbocycles. The zero-order valence-corrected chi connectivity index (χ0v) is 9.18. The first kappa shape index (κ1) is 11.5. The molecule has 0 spiro atoms. The highest BCUT2D eigenvalue weighted by molar-refractivity contribution is 5.06. The predicted molar refractivity (Wildman–Crippen MR) is 58.8 cm³/mol. The van der Waals surface area contributed by atoms with Crippen LogP contribution in [0.25, 0.3) is 0 Å². The van der Waals surface area contributed by atoms with Crippen molar-refractivity contribution in [2.45, 2.75) is 12.3 Å². The lowest BCUT2D eigenvalue weighted by Gasteiger charge is -2.30. The second-order valence-corrected chi connectivity index (χ2v) is 4.25. The minimum atomic E-state index is -2.65. The number of aromatic amines is 1. The Morgan fingerprint density at radius 1 is 1.31 bits per heavy atom. The Hall–Kier alpha value is -0.940. The summed E-state index contributed by atoms with van der Waals surface area (Å²) in [5, 5.41) is 3.15. The fourth-order valence-electron chi connectivity index (χ4n) is 2.01. The topological polar surface area (TPSA) is 31.1 Å². The van der Waals surface area contributed by atoms with E-state index in [4.69, 9.17) is 0 Å². The van der Waals surface area contributed by atoms with E-state index in [1.165, 1.54) is 0 Å². The van der Waals surface area contributed by atoms with Crippen LogP contribution in [0.5, 0.6) is 0 Å². The summed E-state index contributed by atoms with van der Waals surface area (Å²) in [6, 6.07) is 3.45. The molecule has 5 heteroatoms. The minimum absolute atomic E-state index is 0.145. The Morgan fingerprint density at radius 2 is 2.06 bits per heavy atom. The van der Waals surface area contributed by atoms with Crippen molar-refractivity contribution >= 4 is 0 Å². The van der Waals surface area contributed by atoms with Gasteiger partial charge in [-0.2, -0.15) is 0 Å². The summed E-state index contributed by atoms with van der Waals surface area (Å²) < 4.78 is 27.4. The number of nitrogens with one attached hydrogen (secondary N) is 2. The molecule has 1 aromatic heterocycles. The number of alkyl halides is 2. The highest BCUT2D eigenvalue weighted by Crippen LogP contribution is 2.20. The van der Waals surface area contributed by atoms with Crippen molar-refractivity contribution in [3.8, 4) is 0 Å². The van der Waals surface area contributed by atoms with E-state index in [0.717, 1.165) is 13.1 Å². The Balaban J connectivity index is 1.86. The summed E-state index contributed by atoms with van der Waals surface area (Å²) in [7, 11) is 0. The van der Waals surface area contributed by atoms with Gasteiger partial charge in [-0.05, 0) is 12.1 Å². The third kappa shape index (κ3) is 3.28. The summed E-state index contributed by atoms with van der Waals surface area (Å²) in [6.45, 7) is 2.88. The Kier molecular flexibility index (Phi) is 3.56. The van der Waals surface area contributed by atoms with Crippen LogP contribution in [-0.2, 0) is 6.42 Å². The molecule has 0 amide bonds. The fourth-order valence-corrected chi connectivity index (χ4v) is 2.01. The van der Waals surface area contributed by atoms with Gasteiger partial charge in [-0.15, -0.1) is 0 Å². The first-order valence-electron chi connectivity index (χ1n) is 5.59. The molecule has 1 aliphatic heterocycles. The summed E-state index contributed by atoms with van der Waals surface area (Å²) in [6.07, 6.45) is 1.47. The molecule has 0 saturated carbocycles. The Bertz CT molecular complexity index is 305. The standard InChI is InChI=1S/C11H17F2N3/c12-11(13,8-10-2-1-3-15-10)9-16-6-4-14-5-7-16/h1-3,14-15H,4-9H2. The first-order valence-corrected chi connectivity index (χ1v) is 5.59. The molecule has 90 valence electrons. The van der Waals surface area contributed by atoms with Gasteiger partial charge in [0.05, 0.1) is 13.0 Å². The molecule has 1 saturated heterocycles. The van der Waals surface area contributed by atoms with Crippen molar-refractivity contribution in [3.63, 3.8) is 0 Å². The maximum atomic E-state index is 13.7. The maximum Gasteiger partial charge on any atom is 0.265 e. The molecule has 0 bridgehead atoms. The van der Waals surface area contributed by atoms with Crippen LogP contribution >= 0.6 is 0 Å². The van der Waals surface area contributed by atoms with Crippen LogP contribution in [0.4, 0.5) is 8.78 Å². The average molecular weight is 229 g/mol. The molecule has 16 heavy (non-hydrogen) atoms. The van der Waals surface area contributed by atoms with E-state index in [2.05, 4.69) is 10.3 Å². The number of hydrogen-bond donors (Lipinski definition) is 2. The van der Waals surface area contributed by atoms with Gasteiger partial charge in [0, 0.05) is 38.1 Å². The first-order chi connectivity index (χ1) is 7.66. The molecule has 0 unspecified atom stereocenters. The van der Waals surface area contributed by atoms with E-state index >= 15 is 0 Å². The van der Waals surface area contributed by atoms with Gasteiger partial charge >= 0.3 is 0 Å². The fraction of sp³-hybridized carbons (Fsp3) is 0.636. The lowest BCUT2D eigenvalue weighted by Crippen LogP contribution is -2.48. The number of H-pyrrole nitrogens is 1. The van der Waals surface area contributed by atoms with Crippen LogP contribution in [0.1, 0.15) is 5.69 Å². The quantitative estimate of drug-likeness (QED) is 0.810. The van der Waals surface area contributed by atoms with Crippen LogP contribution in [0.3, 0.4) is 0 Å². The minimum Gasteiger partial charge on any atom is -0.365 e. The van der Waals surface area contributed by atoms with Crippen LogP contribution in [0, 0.1) is 0 Å². The van der Waals surface area contributed by atoms with Gasteiger partial charge in [0.1, 0.15) is 0 Å². The lowest BCUT2D eigenvalue weighted by molar-refractivity contribution is -0.0343. The number of nitrogens with zero attached hydrogens (tertiary/aromatic N) is 1. The third-order valence-electron chi connectivity index (χ3n) is 2.78. The SMILES string of the molecule is FC(F)(Cc1ccc[nH]1)CN1CCNCC1. The summed E-state index contributed by atoms with van der Waals surface area (Å²) in [5.41, 5.74) is 0.597. The zero-order valence-electron chi connectivity index (χ0n) is 9.18. The smallest absolute Gasteiger partial charge is 0.265 e. The zero-order chi connectivity index (χ0) is 11.4. The van der Waals surface area contributed by atoms with E-state index in [0.29, 0.717) is 18.8 Å². The van der Waals surface area contributed by atoms with Crippen molar-refractivity contribution in [1.29, 1.82) is 0 Å². The maximum absolute atomic E-state index is 13.7. The number of halogens is 2. The lowest BCUT2D eigenvalue weighted by atomic mass is 10.1. The normalized spacial score (nSPS) is 18.9. The van der Waals surface area contributed by atoms with E-state index in [1.54, 1.807) is 18.3 Å². The highest BCUT2D eigenvalue weighted by Gasteiger charge is 2.32. The molecule has 0 aliphatic carbocycles. The monoisotopic (exact) mass is 229 g/mol. The second-order valence-electron chi connectivity index (χ2n) is 4.25. The van der Waals surface area contributed by atoms with Crippen LogP contribution in [0.2, 0.25) is 0 Å². The molecule has 1 fully saturated rings. The summed E-state index contributed by atoms with van der Waals surface area (Å²) in [5.74, 6) is -2.65. The van der Waals surface area contributed by atoms with Gasteiger partial charge in [0.2, 0.25) is 0 Å². The molecule has 0 atom stereocenters. The number of hydrogen-bond acceptors (Lipinski definition) is 2. The van der Waals surface area contributed by atoms with Gasteiger partial charge < -0.3 is 10.3 Å². The Morgan fingerprint density at radius 3 is 2.69 bits per heavy atom. The molecule has 0 radical (unpaired) electrons. The number of rotatable bonds is 4. The van der Waals surface area contributed by atoms with Gasteiger partial charge in [-0.3, -0.25) is 4.90 Å². The molecule has 2 rings (SSSR count). The van der Waals surface area contributed by atoms with Crippen molar-refractivity contribution in [1.82, 2.24) is 15.2 Å². The Labute approximate surface area is 93.8 Å². The largest absolute Gasteiger partial charge is 0.365 e.